The van der Waals surface area contributed by atoms with Crippen molar-refractivity contribution in [2.45, 2.75) is 58.2 Å². The van der Waals surface area contributed by atoms with Crippen molar-refractivity contribution in [3.63, 3.8) is 0 Å². The van der Waals surface area contributed by atoms with Crippen molar-refractivity contribution >= 4 is 40.7 Å². The van der Waals surface area contributed by atoms with Crippen LogP contribution in [0.5, 0.6) is 0 Å². The Kier molecular flexibility index (Phi) is 8.42. The number of aromatic amines is 1. The van der Waals surface area contributed by atoms with E-state index >= 15 is 0 Å². The molecule has 0 aliphatic heterocycles. The van der Waals surface area contributed by atoms with Crippen LogP contribution in [0.4, 0.5) is 0 Å². The Hall–Kier alpha value is -3.56. The third kappa shape index (κ3) is 7.02. The molecule has 4 N–H and O–H groups in total. The molecule has 0 saturated heterocycles. The number of amides is 2. The van der Waals surface area contributed by atoms with Gasteiger partial charge >= 0.3 is 5.97 Å². The first kappa shape index (κ1) is 23.7. The molecule has 0 saturated carbocycles. The summed E-state index contributed by atoms with van der Waals surface area (Å²) in [6.45, 7) is 4.64. The minimum atomic E-state index is -1.08. The van der Waals surface area contributed by atoms with E-state index in [1.54, 1.807) is 38.5 Å². The van der Waals surface area contributed by atoms with Gasteiger partial charge < -0.3 is 25.8 Å². The third-order valence-electron chi connectivity index (χ3n) is 4.48. The van der Waals surface area contributed by atoms with Crippen LogP contribution in [-0.2, 0) is 30.3 Å². The Labute approximate surface area is 179 Å². The zero-order chi connectivity index (χ0) is 23.0. The highest BCUT2D eigenvalue weighted by atomic mass is 16.5. The van der Waals surface area contributed by atoms with E-state index in [1.807, 2.05) is 0 Å². The Morgan fingerprint density at radius 1 is 1.23 bits per heavy atom. The fourth-order valence-electron chi connectivity index (χ4n) is 3.07. The lowest BCUT2D eigenvalue weighted by molar-refractivity contribution is -0.151. The Balaban J connectivity index is 2.19. The van der Waals surface area contributed by atoms with E-state index in [4.69, 9.17) is 10.1 Å². The molecule has 0 unspecified atom stereocenters. The van der Waals surface area contributed by atoms with Gasteiger partial charge in [0, 0.05) is 37.5 Å². The largest absolute Gasteiger partial charge is 0.461 e. The summed E-state index contributed by atoms with van der Waals surface area (Å²) in [5, 5.41) is 13.1. The van der Waals surface area contributed by atoms with E-state index in [2.05, 4.69) is 20.6 Å². The van der Waals surface area contributed by atoms with Crippen LogP contribution >= 0.6 is 0 Å². The average Bonchev–Trinajstić information content (AvgIpc) is 3.12. The van der Waals surface area contributed by atoms with Crippen LogP contribution in [0.2, 0.25) is 0 Å². The summed E-state index contributed by atoms with van der Waals surface area (Å²) in [6, 6.07) is -0.227. The number of carbonyl (C=O) groups excluding carboxylic acids is 4. The molecule has 2 aromatic heterocycles. The van der Waals surface area contributed by atoms with Gasteiger partial charge in [-0.1, -0.05) is 0 Å². The quantitative estimate of drug-likeness (QED) is 0.309. The number of nitrogens with one attached hydrogen (secondary N) is 4. The maximum Gasteiger partial charge on any atom is 0.328 e. The minimum absolute atomic E-state index is 0.0168. The Morgan fingerprint density at radius 2 is 1.97 bits per heavy atom. The number of esters is 1. The molecule has 0 aliphatic carbocycles. The number of H-pyrrole nitrogens is 1. The summed E-state index contributed by atoms with van der Waals surface area (Å²) in [7, 11) is 0. The van der Waals surface area contributed by atoms with Gasteiger partial charge in [-0.3, -0.25) is 19.4 Å². The first-order valence-electron chi connectivity index (χ1n) is 9.92. The van der Waals surface area contributed by atoms with Crippen LogP contribution in [-0.4, -0.2) is 57.9 Å². The number of aromatic nitrogens is 2. The molecule has 0 aliphatic rings. The number of rotatable bonds is 11. The van der Waals surface area contributed by atoms with Crippen LogP contribution < -0.4 is 10.6 Å². The number of nitrogens with zero attached hydrogens (tertiary/aromatic N) is 1. The molecule has 0 aromatic carbocycles. The molecular weight excluding hydrogens is 402 g/mol. The van der Waals surface area contributed by atoms with Crippen molar-refractivity contribution in [1.82, 2.24) is 20.6 Å². The highest BCUT2D eigenvalue weighted by Gasteiger charge is 2.28. The molecule has 0 spiro atoms. The number of Topliss-reactive ketones (excluding diaryl/α,β-unsaturated/α-hetero) is 1. The molecule has 2 aromatic rings. The number of ether oxygens (including phenoxy) is 1. The SMILES string of the molecule is CC(=O)N[C@@H](Cc1c[nH]c2cnccc12)C(=O)N[C@@H](CCC(=O)C=N)C(=O)OC(C)C. The van der Waals surface area contributed by atoms with Gasteiger partial charge in [-0.05, 0) is 31.9 Å². The van der Waals surface area contributed by atoms with Crippen LogP contribution in [0.1, 0.15) is 39.2 Å². The van der Waals surface area contributed by atoms with Crippen LogP contribution in [0.25, 0.3) is 10.9 Å². The van der Waals surface area contributed by atoms with E-state index in [0.29, 0.717) is 6.21 Å². The molecule has 2 atom stereocenters. The van der Waals surface area contributed by atoms with Crippen molar-refractivity contribution in [3.8, 4) is 0 Å². The first-order valence-corrected chi connectivity index (χ1v) is 9.92. The third-order valence-corrected chi connectivity index (χ3v) is 4.48. The van der Waals surface area contributed by atoms with Gasteiger partial charge in [0.15, 0.2) is 5.78 Å². The summed E-state index contributed by atoms with van der Waals surface area (Å²) >= 11 is 0. The normalized spacial score (nSPS) is 12.8. The number of ketones is 1. The lowest BCUT2D eigenvalue weighted by atomic mass is 10.0. The summed E-state index contributed by atoms with van der Waals surface area (Å²) < 4.78 is 5.18. The van der Waals surface area contributed by atoms with E-state index in [-0.39, 0.29) is 19.3 Å². The van der Waals surface area contributed by atoms with Crippen LogP contribution in [0.15, 0.2) is 24.7 Å². The number of hydrogen-bond donors (Lipinski definition) is 4. The number of hydrogen-bond acceptors (Lipinski definition) is 7. The Morgan fingerprint density at radius 3 is 2.61 bits per heavy atom. The van der Waals surface area contributed by atoms with Gasteiger partial charge in [-0.2, -0.15) is 0 Å². The summed E-state index contributed by atoms with van der Waals surface area (Å²) in [6.07, 6.45) is 5.35. The maximum atomic E-state index is 13.0. The maximum absolute atomic E-state index is 13.0. The van der Waals surface area contributed by atoms with Gasteiger partial charge in [0.2, 0.25) is 11.8 Å². The van der Waals surface area contributed by atoms with Crippen molar-refractivity contribution < 1.29 is 23.9 Å². The molecule has 2 rings (SSSR count). The van der Waals surface area contributed by atoms with Gasteiger partial charge in [0.1, 0.15) is 12.1 Å². The molecule has 10 nitrogen and oxygen atoms in total. The fourth-order valence-corrected chi connectivity index (χ4v) is 3.07. The molecule has 10 heteroatoms. The zero-order valence-electron chi connectivity index (χ0n) is 17.7. The Bertz CT molecular complexity index is 968. The van der Waals surface area contributed by atoms with E-state index in [1.165, 1.54) is 6.92 Å². The predicted molar refractivity (Wildman–Crippen MR) is 114 cm³/mol. The van der Waals surface area contributed by atoms with Crippen molar-refractivity contribution in [1.29, 1.82) is 5.41 Å². The number of carbonyl (C=O) groups is 4. The number of fused-ring (bicyclic) bond motifs is 1. The lowest BCUT2D eigenvalue weighted by Crippen LogP contribution is -2.52. The van der Waals surface area contributed by atoms with E-state index in [0.717, 1.165) is 16.5 Å². The van der Waals surface area contributed by atoms with Crippen molar-refractivity contribution in [2.24, 2.45) is 0 Å². The second-order valence-corrected chi connectivity index (χ2v) is 7.39. The van der Waals surface area contributed by atoms with Crippen LogP contribution in [0, 0.1) is 5.41 Å². The van der Waals surface area contributed by atoms with Gasteiger partial charge in [0.25, 0.3) is 0 Å². The van der Waals surface area contributed by atoms with Gasteiger partial charge in [0.05, 0.1) is 24.0 Å². The van der Waals surface area contributed by atoms with Crippen molar-refractivity contribution in [3.05, 3.63) is 30.2 Å². The van der Waals surface area contributed by atoms with E-state index in [9.17, 15) is 19.2 Å². The van der Waals surface area contributed by atoms with Crippen molar-refractivity contribution in [2.75, 3.05) is 0 Å². The summed E-state index contributed by atoms with van der Waals surface area (Å²) in [5.41, 5.74) is 1.59. The first-order chi connectivity index (χ1) is 14.7. The topological polar surface area (TPSA) is 154 Å². The fraction of sp³-hybridized carbons (Fsp3) is 0.429. The monoisotopic (exact) mass is 429 g/mol. The smallest absolute Gasteiger partial charge is 0.328 e. The molecule has 31 heavy (non-hydrogen) atoms. The summed E-state index contributed by atoms with van der Waals surface area (Å²) in [4.78, 5) is 55.7. The highest BCUT2D eigenvalue weighted by molar-refractivity contribution is 6.26. The minimum Gasteiger partial charge on any atom is -0.461 e. The molecule has 0 radical (unpaired) electrons. The lowest BCUT2D eigenvalue weighted by Gasteiger charge is -2.23. The van der Waals surface area contributed by atoms with Gasteiger partial charge in [-0.15, -0.1) is 0 Å². The number of pyridine rings is 1. The highest BCUT2D eigenvalue weighted by Crippen LogP contribution is 2.18. The molecule has 0 fully saturated rings. The average molecular weight is 429 g/mol. The molecular formula is C21H27N5O5. The molecule has 2 heterocycles. The second-order valence-electron chi connectivity index (χ2n) is 7.39. The molecule has 2 amide bonds. The van der Waals surface area contributed by atoms with E-state index < -0.39 is 41.8 Å². The van der Waals surface area contributed by atoms with Crippen LogP contribution in [0.3, 0.4) is 0 Å². The molecule has 166 valence electrons. The zero-order valence-corrected chi connectivity index (χ0v) is 17.7. The molecule has 0 bridgehead atoms. The summed E-state index contributed by atoms with van der Waals surface area (Å²) in [5.74, 6) is -2.13. The van der Waals surface area contributed by atoms with Gasteiger partial charge in [-0.25, -0.2) is 4.79 Å². The predicted octanol–water partition coefficient (Wildman–Crippen LogP) is 1.05. The second kappa shape index (κ2) is 11.0. The standard InChI is InChI=1S/C21H27N5O5/c1-12(2)31-21(30)17(5-4-15(28)9-22)26-20(29)18(25-13(3)27)8-14-10-24-19-11-23-7-6-16(14)19/h6-7,9-12,17-18,22,24H,4-5,8H2,1-3H3,(H,25,27)(H,26,29)/t17-,18-/m0/s1.